The fourth-order valence-electron chi connectivity index (χ4n) is 6.05. The molecule has 3 aromatic rings. The van der Waals surface area contributed by atoms with Crippen LogP contribution in [-0.4, -0.2) is 73.2 Å². The Balaban J connectivity index is 1.14. The van der Waals surface area contributed by atoms with Gasteiger partial charge in [0, 0.05) is 27.8 Å². The Kier molecular flexibility index (Phi) is 8.39. The zero-order valence-corrected chi connectivity index (χ0v) is 25.0. The second kappa shape index (κ2) is 12.3. The van der Waals surface area contributed by atoms with E-state index >= 15 is 0 Å². The largest absolute Gasteiger partial charge is 0.384 e. The molecule has 3 aliphatic rings. The molecule has 2 unspecified atom stereocenters. The first-order valence-corrected chi connectivity index (χ1v) is 15.2. The molecule has 3 amide bonds. The van der Waals surface area contributed by atoms with Gasteiger partial charge in [-0.05, 0) is 47.4 Å². The van der Waals surface area contributed by atoms with E-state index in [-0.39, 0.29) is 24.4 Å². The summed E-state index contributed by atoms with van der Waals surface area (Å²) in [6.07, 6.45) is -0.834. The van der Waals surface area contributed by atoms with Crippen LogP contribution in [0.25, 0.3) is 11.1 Å². The second-order valence-corrected chi connectivity index (χ2v) is 12.0. The van der Waals surface area contributed by atoms with Gasteiger partial charge in [0.25, 0.3) is 5.91 Å². The maximum Gasteiger partial charge on any atom is 0.346 e. The summed E-state index contributed by atoms with van der Waals surface area (Å²) in [7, 11) is 0. The number of amidine groups is 1. The molecule has 45 heavy (non-hydrogen) atoms. The van der Waals surface area contributed by atoms with E-state index in [9.17, 15) is 23.2 Å². The molecule has 14 heteroatoms. The molecule has 11 nitrogen and oxygen atoms in total. The number of nitrogens with zero attached hydrogens (tertiary/aromatic N) is 1. The Morgan fingerprint density at radius 1 is 1.11 bits per heavy atom. The van der Waals surface area contributed by atoms with Crippen LogP contribution in [0.2, 0.25) is 0 Å². The molecular weight excluding hydrogens is 608 g/mol. The minimum atomic E-state index is -2.97. The molecule has 5 N–H and O–H groups in total. The lowest BCUT2D eigenvalue weighted by Crippen LogP contribution is -2.49. The second-order valence-electron chi connectivity index (χ2n) is 11.1. The monoisotopic (exact) mass is 639 g/mol. The molecule has 0 bridgehead atoms. The third kappa shape index (κ3) is 6.06. The Morgan fingerprint density at radius 3 is 2.56 bits per heavy atom. The first kappa shape index (κ1) is 30.8. The SMILES string of the molecule is CC(NC(=O)[C@@H]1CC2(CN1C(=O)CNC(=O)c1ccc3c(c1)-c1ccccc1C3OC(F)F)OCCO2)c1cc(C(=N)N)cs1. The van der Waals surface area contributed by atoms with E-state index in [1.165, 1.54) is 22.3 Å². The van der Waals surface area contributed by atoms with Gasteiger partial charge in [-0.3, -0.25) is 19.8 Å². The molecule has 3 heterocycles. The first-order chi connectivity index (χ1) is 21.5. The number of carbonyl (C=O) groups is 3. The zero-order chi connectivity index (χ0) is 31.9. The molecule has 2 fully saturated rings. The van der Waals surface area contributed by atoms with Crippen LogP contribution in [-0.2, 0) is 23.8 Å². The summed E-state index contributed by atoms with van der Waals surface area (Å²) in [6.45, 7) is -0.898. The number of thiophene rings is 1. The number of fused-ring (bicyclic) bond motifs is 3. The molecule has 2 aliphatic heterocycles. The van der Waals surface area contributed by atoms with E-state index < -0.39 is 54.9 Å². The van der Waals surface area contributed by atoms with Crippen LogP contribution in [0.3, 0.4) is 0 Å². The normalized spacial score (nSPS) is 20.2. The third-order valence-electron chi connectivity index (χ3n) is 8.22. The number of nitrogens with one attached hydrogen (secondary N) is 3. The standard InChI is InChI=1S/C31H31F2N5O6S/c1-16(24-11-18(14-45-24)27(34)35)37-29(41)23-12-31(42-8-9-43-31)15-38(23)25(39)13-36-28(40)17-6-7-21-22(10-17)19-4-2-3-5-20(19)26(21)44-30(32)33/h2-7,10-11,14,16,23,26,30H,8-9,12-13,15H2,1H3,(H3,34,35)(H,36,40)(H,37,41)/t16?,23-,26?/m0/s1. The molecule has 0 saturated carbocycles. The number of benzene rings is 2. The number of hydrogen-bond donors (Lipinski definition) is 4. The highest BCUT2D eigenvalue weighted by atomic mass is 32.1. The van der Waals surface area contributed by atoms with Gasteiger partial charge in [0.1, 0.15) is 18.0 Å². The Bertz CT molecular complexity index is 1660. The van der Waals surface area contributed by atoms with Crippen molar-refractivity contribution in [2.24, 2.45) is 5.73 Å². The number of carbonyl (C=O) groups excluding carboxylic acids is 3. The summed E-state index contributed by atoms with van der Waals surface area (Å²) in [5, 5.41) is 14.9. The number of ether oxygens (including phenoxy) is 3. The molecule has 236 valence electrons. The van der Waals surface area contributed by atoms with Crippen molar-refractivity contribution in [2.75, 3.05) is 26.3 Å². The molecular formula is C31H31F2N5O6S. The van der Waals surface area contributed by atoms with Crippen molar-refractivity contribution in [3.05, 3.63) is 81.0 Å². The van der Waals surface area contributed by atoms with Gasteiger partial charge in [0.05, 0.1) is 32.3 Å². The summed E-state index contributed by atoms with van der Waals surface area (Å²) < 4.78 is 42.8. The lowest BCUT2D eigenvalue weighted by molar-refractivity contribution is -0.152. The molecule has 3 atom stereocenters. The van der Waals surface area contributed by atoms with Crippen LogP contribution in [0.15, 0.2) is 53.9 Å². The maximum atomic E-state index is 13.5. The van der Waals surface area contributed by atoms with Crippen molar-refractivity contribution in [3.8, 4) is 11.1 Å². The highest BCUT2D eigenvalue weighted by Gasteiger charge is 2.52. The zero-order valence-electron chi connectivity index (χ0n) is 24.2. The van der Waals surface area contributed by atoms with Gasteiger partial charge in [-0.1, -0.05) is 30.3 Å². The number of alkyl halides is 2. The number of amides is 3. The van der Waals surface area contributed by atoms with E-state index in [1.54, 1.807) is 54.8 Å². The summed E-state index contributed by atoms with van der Waals surface area (Å²) in [6, 6.07) is 12.1. The van der Waals surface area contributed by atoms with Crippen molar-refractivity contribution in [1.82, 2.24) is 15.5 Å². The predicted octanol–water partition coefficient (Wildman–Crippen LogP) is 3.29. The Hall–Kier alpha value is -4.24. The fraction of sp³-hybridized carbons (Fsp3) is 0.355. The molecule has 6 rings (SSSR count). The van der Waals surface area contributed by atoms with E-state index in [1.807, 2.05) is 0 Å². The molecule has 1 aromatic heterocycles. The minimum absolute atomic E-state index is 0.0167. The van der Waals surface area contributed by atoms with Gasteiger partial charge in [0.2, 0.25) is 11.8 Å². The number of hydrogen-bond acceptors (Lipinski definition) is 8. The first-order valence-electron chi connectivity index (χ1n) is 14.3. The van der Waals surface area contributed by atoms with Crippen molar-refractivity contribution in [2.45, 2.75) is 43.9 Å². The van der Waals surface area contributed by atoms with Crippen molar-refractivity contribution in [3.63, 3.8) is 0 Å². The van der Waals surface area contributed by atoms with E-state index in [2.05, 4.69) is 10.6 Å². The number of nitrogens with two attached hydrogens (primary N) is 1. The van der Waals surface area contributed by atoms with Crippen LogP contribution in [0.1, 0.15) is 57.4 Å². The van der Waals surface area contributed by atoms with Crippen molar-refractivity contribution < 1.29 is 37.4 Å². The maximum absolute atomic E-state index is 13.5. The fourth-order valence-corrected chi connectivity index (χ4v) is 6.97. The smallest absolute Gasteiger partial charge is 0.346 e. The van der Waals surface area contributed by atoms with E-state index in [0.717, 1.165) is 4.88 Å². The molecule has 2 aromatic carbocycles. The van der Waals surface area contributed by atoms with Crippen LogP contribution < -0.4 is 16.4 Å². The third-order valence-corrected chi connectivity index (χ3v) is 9.33. The highest BCUT2D eigenvalue weighted by Crippen LogP contribution is 2.46. The Morgan fingerprint density at radius 2 is 1.84 bits per heavy atom. The average Bonchev–Trinajstić information content (AvgIpc) is 3.82. The summed E-state index contributed by atoms with van der Waals surface area (Å²) >= 11 is 1.36. The summed E-state index contributed by atoms with van der Waals surface area (Å²) in [4.78, 5) is 42.2. The Labute approximate surface area is 261 Å². The van der Waals surface area contributed by atoms with Crippen molar-refractivity contribution in [1.29, 1.82) is 5.41 Å². The van der Waals surface area contributed by atoms with E-state index in [4.69, 9.17) is 25.4 Å². The molecule has 0 radical (unpaired) electrons. The van der Waals surface area contributed by atoms with Gasteiger partial charge in [-0.25, -0.2) is 0 Å². The molecule has 2 saturated heterocycles. The number of halogens is 2. The van der Waals surface area contributed by atoms with Crippen LogP contribution >= 0.6 is 11.3 Å². The summed E-state index contributed by atoms with van der Waals surface area (Å²) in [5.74, 6) is -2.64. The highest BCUT2D eigenvalue weighted by molar-refractivity contribution is 7.10. The molecule has 1 spiro atoms. The summed E-state index contributed by atoms with van der Waals surface area (Å²) in [5.41, 5.74) is 8.75. The predicted molar refractivity (Wildman–Crippen MR) is 160 cm³/mol. The number of nitrogen functional groups attached to an aromatic ring is 1. The lowest BCUT2D eigenvalue weighted by Gasteiger charge is -2.25. The molecule has 1 aliphatic carbocycles. The van der Waals surface area contributed by atoms with Crippen LogP contribution in [0, 0.1) is 5.41 Å². The quantitative estimate of drug-likeness (QED) is 0.207. The number of likely N-dealkylation sites (tertiary alicyclic amines) is 1. The topological polar surface area (TPSA) is 156 Å². The lowest BCUT2D eigenvalue weighted by atomic mass is 10.0. The van der Waals surface area contributed by atoms with Crippen molar-refractivity contribution >= 4 is 34.9 Å². The van der Waals surface area contributed by atoms with Crippen LogP contribution in [0.5, 0.6) is 0 Å². The number of rotatable bonds is 9. The van der Waals surface area contributed by atoms with Crippen LogP contribution in [0.4, 0.5) is 8.78 Å². The average molecular weight is 640 g/mol. The van der Waals surface area contributed by atoms with Gasteiger partial charge in [-0.15, -0.1) is 11.3 Å². The van der Waals surface area contributed by atoms with Gasteiger partial charge in [0.15, 0.2) is 5.79 Å². The van der Waals surface area contributed by atoms with Gasteiger partial charge < -0.3 is 35.5 Å². The van der Waals surface area contributed by atoms with Gasteiger partial charge >= 0.3 is 6.61 Å². The van der Waals surface area contributed by atoms with Gasteiger partial charge in [-0.2, -0.15) is 8.78 Å². The minimum Gasteiger partial charge on any atom is -0.384 e. The van der Waals surface area contributed by atoms with E-state index in [0.29, 0.717) is 41.0 Å².